The summed E-state index contributed by atoms with van der Waals surface area (Å²) >= 11 is 0. The molecule has 1 fully saturated rings. The van der Waals surface area contributed by atoms with Gasteiger partial charge in [0.05, 0.1) is 5.56 Å². The van der Waals surface area contributed by atoms with Crippen LogP contribution in [0.15, 0.2) is 12.1 Å². The highest BCUT2D eigenvalue weighted by Crippen LogP contribution is 2.32. The Morgan fingerprint density at radius 3 is 2.68 bits per heavy atom. The van der Waals surface area contributed by atoms with Gasteiger partial charge in [-0.2, -0.15) is 0 Å². The number of carbonyl (C=O) groups excluding carboxylic acids is 1. The van der Waals surface area contributed by atoms with E-state index in [1.807, 2.05) is 0 Å². The van der Waals surface area contributed by atoms with Gasteiger partial charge >= 0.3 is 0 Å². The fourth-order valence-corrected chi connectivity index (χ4v) is 2.64. The van der Waals surface area contributed by atoms with Crippen LogP contribution in [0.4, 0.5) is 4.39 Å². The molecule has 0 saturated carbocycles. The molecule has 1 heterocycles. The molecule has 2 rings (SSSR count). The summed E-state index contributed by atoms with van der Waals surface area (Å²) in [5, 5.41) is 10.1. The van der Waals surface area contributed by atoms with Gasteiger partial charge in [0.15, 0.2) is 5.78 Å². The third-order valence-corrected chi connectivity index (χ3v) is 3.68. The first-order valence-corrected chi connectivity index (χ1v) is 6.53. The van der Waals surface area contributed by atoms with Crippen molar-refractivity contribution in [2.75, 3.05) is 13.1 Å². The van der Waals surface area contributed by atoms with Gasteiger partial charge in [-0.05, 0) is 37.4 Å². The molecule has 0 unspecified atom stereocenters. The van der Waals surface area contributed by atoms with E-state index in [0.717, 1.165) is 25.6 Å². The van der Waals surface area contributed by atoms with Crippen LogP contribution in [0.25, 0.3) is 0 Å². The summed E-state index contributed by atoms with van der Waals surface area (Å²) < 4.78 is 13.5. The first-order chi connectivity index (χ1) is 8.78. The molecular formula is C15H20FNO2. The normalized spacial score (nSPS) is 18.7. The Morgan fingerprint density at radius 2 is 2.16 bits per heavy atom. The SMILES string of the molecule is CC(=O)c1cc(F)cc(CN2CCC(C)(C)C2)c1O. The van der Waals surface area contributed by atoms with E-state index in [2.05, 4.69) is 18.7 Å². The summed E-state index contributed by atoms with van der Waals surface area (Å²) in [5.41, 5.74) is 0.808. The zero-order chi connectivity index (χ0) is 14.2. The minimum absolute atomic E-state index is 0.0634. The van der Waals surface area contributed by atoms with Crippen LogP contribution in [-0.2, 0) is 6.54 Å². The number of phenolic OH excluding ortho intramolecular Hbond substituents is 1. The van der Waals surface area contributed by atoms with Crippen molar-refractivity contribution < 1.29 is 14.3 Å². The van der Waals surface area contributed by atoms with Crippen molar-refractivity contribution in [1.82, 2.24) is 4.90 Å². The van der Waals surface area contributed by atoms with E-state index in [1.54, 1.807) is 0 Å². The Kier molecular flexibility index (Phi) is 3.63. The van der Waals surface area contributed by atoms with Gasteiger partial charge in [-0.1, -0.05) is 13.8 Å². The Hall–Kier alpha value is -1.42. The topological polar surface area (TPSA) is 40.5 Å². The second kappa shape index (κ2) is 4.93. The lowest BCUT2D eigenvalue weighted by molar-refractivity contribution is 0.101. The van der Waals surface area contributed by atoms with Crippen LogP contribution in [-0.4, -0.2) is 28.9 Å². The highest BCUT2D eigenvalue weighted by Gasteiger charge is 2.29. The van der Waals surface area contributed by atoms with Gasteiger partial charge in [-0.15, -0.1) is 0 Å². The third kappa shape index (κ3) is 3.13. The highest BCUT2D eigenvalue weighted by molar-refractivity contribution is 5.97. The minimum atomic E-state index is -0.476. The van der Waals surface area contributed by atoms with Gasteiger partial charge in [0.1, 0.15) is 11.6 Å². The van der Waals surface area contributed by atoms with Gasteiger partial charge in [-0.25, -0.2) is 4.39 Å². The molecule has 19 heavy (non-hydrogen) atoms. The van der Waals surface area contributed by atoms with Crippen LogP contribution >= 0.6 is 0 Å². The molecule has 0 bridgehead atoms. The second-order valence-electron chi connectivity index (χ2n) is 6.14. The van der Waals surface area contributed by atoms with Crippen LogP contribution in [0.1, 0.15) is 43.1 Å². The smallest absolute Gasteiger partial charge is 0.163 e. The number of hydrogen-bond donors (Lipinski definition) is 1. The molecular weight excluding hydrogens is 245 g/mol. The van der Waals surface area contributed by atoms with Crippen molar-refractivity contribution in [2.45, 2.75) is 33.7 Å². The standard InChI is InChI=1S/C15H20FNO2/c1-10(18)13-7-12(16)6-11(14(13)19)8-17-5-4-15(2,3)9-17/h6-7,19H,4-5,8-9H2,1-3H3. The summed E-state index contributed by atoms with van der Waals surface area (Å²) in [7, 11) is 0. The number of ketones is 1. The molecule has 0 atom stereocenters. The molecule has 1 saturated heterocycles. The fourth-order valence-electron chi connectivity index (χ4n) is 2.64. The van der Waals surface area contributed by atoms with Gasteiger partial charge in [0.2, 0.25) is 0 Å². The van der Waals surface area contributed by atoms with Gasteiger partial charge in [-0.3, -0.25) is 9.69 Å². The predicted molar refractivity (Wildman–Crippen MR) is 71.7 cm³/mol. The van der Waals surface area contributed by atoms with Gasteiger partial charge in [0, 0.05) is 18.7 Å². The molecule has 1 aliphatic rings. The summed E-state index contributed by atoms with van der Waals surface area (Å²) in [6.07, 6.45) is 1.09. The zero-order valence-corrected chi connectivity index (χ0v) is 11.7. The monoisotopic (exact) mass is 265 g/mol. The van der Waals surface area contributed by atoms with E-state index in [9.17, 15) is 14.3 Å². The van der Waals surface area contributed by atoms with Crippen molar-refractivity contribution in [3.8, 4) is 5.75 Å². The second-order valence-corrected chi connectivity index (χ2v) is 6.14. The molecule has 1 N–H and O–H groups in total. The number of Topliss-reactive ketones (excluding diaryl/α,β-unsaturated/α-hetero) is 1. The van der Waals surface area contributed by atoms with Gasteiger partial charge in [0.25, 0.3) is 0 Å². The number of benzene rings is 1. The average molecular weight is 265 g/mol. The largest absolute Gasteiger partial charge is 0.507 e. The Balaban J connectivity index is 2.24. The van der Waals surface area contributed by atoms with Crippen LogP contribution in [0.3, 0.4) is 0 Å². The molecule has 104 valence electrons. The maximum Gasteiger partial charge on any atom is 0.163 e. The van der Waals surface area contributed by atoms with E-state index < -0.39 is 5.82 Å². The third-order valence-electron chi connectivity index (χ3n) is 3.68. The lowest BCUT2D eigenvalue weighted by Gasteiger charge is -2.20. The molecule has 0 aliphatic carbocycles. The van der Waals surface area contributed by atoms with Gasteiger partial charge < -0.3 is 5.11 Å². The first kappa shape index (κ1) is 14.0. The number of halogens is 1. The Bertz CT molecular complexity index is 511. The van der Waals surface area contributed by atoms with E-state index in [4.69, 9.17) is 0 Å². The Labute approximate surface area is 113 Å². The molecule has 3 nitrogen and oxygen atoms in total. The molecule has 0 spiro atoms. The van der Waals surface area contributed by atoms with Crippen LogP contribution in [0, 0.1) is 11.2 Å². The molecule has 0 amide bonds. The van der Waals surface area contributed by atoms with E-state index >= 15 is 0 Å². The maximum absolute atomic E-state index is 13.5. The van der Waals surface area contributed by atoms with Crippen LogP contribution in [0.5, 0.6) is 5.75 Å². The highest BCUT2D eigenvalue weighted by atomic mass is 19.1. The summed E-state index contributed by atoms with van der Waals surface area (Å²) in [5.74, 6) is -0.880. The zero-order valence-electron chi connectivity index (χ0n) is 11.7. The van der Waals surface area contributed by atoms with E-state index in [1.165, 1.54) is 13.0 Å². The predicted octanol–water partition coefficient (Wildman–Crippen LogP) is 2.97. The number of carbonyl (C=O) groups is 1. The van der Waals surface area contributed by atoms with Crippen LogP contribution < -0.4 is 0 Å². The summed E-state index contributed by atoms with van der Waals surface area (Å²) in [6, 6.07) is 2.40. The number of phenols is 1. The number of likely N-dealkylation sites (tertiary alicyclic amines) is 1. The van der Waals surface area contributed by atoms with Crippen molar-refractivity contribution in [3.63, 3.8) is 0 Å². The lowest BCUT2D eigenvalue weighted by atomic mass is 9.93. The molecule has 1 aliphatic heterocycles. The van der Waals surface area contributed by atoms with Crippen molar-refractivity contribution >= 4 is 5.78 Å². The Morgan fingerprint density at radius 1 is 1.47 bits per heavy atom. The maximum atomic E-state index is 13.5. The number of aromatic hydroxyl groups is 1. The quantitative estimate of drug-likeness (QED) is 0.854. The summed E-state index contributed by atoms with van der Waals surface area (Å²) in [4.78, 5) is 13.5. The number of hydrogen-bond acceptors (Lipinski definition) is 3. The fraction of sp³-hybridized carbons (Fsp3) is 0.533. The molecule has 0 radical (unpaired) electrons. The molecule has 1 aromatic carbocycles. The molecule has 4 heteroatoms. The van der Waals surface area contributed by atoms with E-state index in [0.29, 0.717) is 12.1 Å². The molecule has 1 aromatic rings. The van der Waals surface area contributed by atoms with E-state index in [-0.39, 0.29) is 22.5 Å². The summed E-state index contributed by atoms with van der Waals surface area (Å²) in [6.45, 7) is 8.04. The van der Waals surface area contributed by atoms with Crippen molar-refractivity contribution in [2.24, 2.45) is 5.41 Å². The van der Waals surface area contributed by atoms with Crippen molar-refractivity contribution in [3.05, 3.63) is 29.1 Å². The van der Waals surface area contributed by atoms with Crippen LogP contribution in [0.2, 0.25) is 0 Å². The average Bonchev–Trinajstić information content (AvgIpc) is 2.62. The first-order valence-electron chi connectivity index (χ1n) is 6.53. The number of rotatable bonds is 3. The molecule has 0 aromatic heterocycles. The lowest BCUT2D eigenvalue weighted by Crippen LogP contribution is -2.23. The number of nitrogens with zero attached hydrogens (tertiary/aromatic N) is 1. The minimum Gasteiger partial charge on any atom is -0.507 e. The van der Waals surface area contributed by atoms with Crippen molar-refractivity contribution in [1.29, 1.82) is 0 Å².